The van der Waals surface area contributed by atoms with Crippen LogP contribution in [-0.2, 0) is 22.6 Å². The number of morpholine rings is 1. The van der Waals surface area contributed by atoms with Crippen molar-refractivity contribution in [1.29, 1.82) is 5.26 Å². The van der Waals surface area contributed by atoms with Gasteiger partial charge in [-0.25, -0.2) is 0 Å². The highest BCUT2D eigenvalue weighted by molar-refractivity contribution is 7.99. The van der Waals surface area contributed by atoms with E-state index in [0.29, 0.717) is 11.3 Å². The number of aromatic nitrogens is 3. The topological polar surface area (TPSA) is 96.1 Å². The zero-order valence-electron chi connectivity index (χ0n) is 15.2. The molecule has 0 unspecified atom stereocenters. The van der Waals surface area contributed by atoms with Crippen molar-refractivity contribution in [3.8, 4) is 6.07 Å². The summed E-state index contributed by atoms with van der Waals surface area (Å²) in [5.74, 6) is 1.04. The maximum Gasteiger partial charge on any atom is 0.234 e. The van der Waals surface area contributed by atoms with Gasteiger partial charge in [-0.1, -0.05) is 11.8 Å². The lowest BCUT2D eigenvalue weighted by molar-refractivity contribution is -0.113. The van der Waals surface area contributed by atoms with Gasteiger partial charge in [0.05, 0.1) is 37.1 Å². The summed E-state index contributed by atoms with van der Waals surface area (Å²) in [5.41, 5.74) is 1.23. The van der Waals surface area contributed by atoms with Crippen molar-refractivity contribution < 1.29 is 9.53 Å². The van der Waals surface area contributed by atoms with Gasteiger partial charge in [0.25, 0.3) is 0 Å². The highest BCUT2D eigenvalue weighted by Crippen LogP contribution is 2.19. The first-order chi connectivity index (χ1) is 13.2. The van der Waals surface area contributed by atoms with Crippen molar-refractivity contribution in [3.05, 3.63) is 35.7 Å². The summed E-state index contributed by atoms with van der Waals surface area (Å²) in [6, 6.07) is 8.84. The second-order valence-electron chi connectivity index (χ2n) is 6.06. The van der Waals surface area contributed by atoms with Crippen molar-refractivity contribution >= 4 is 23.4 Å². The molecule has 1 N–H and O–H groups in total. The molecule has 1 aliphatic heterocycles. The van der Waals surface area contributed by atoms with Gasteiger partial charge < -0.3 is 14.6 Å². The summed E-state index contributed by atoms with van der Waals surface area (Å²) < 4.78 is 7.43. The molecule has 1 amide bonds. The van der Waals surface area contributed by atoms with Crippen LogP contribution in [0.3, 0.4) is 0 Å². The monoisotopic (exact) mass is 386 g/mol. The van der Waals surface area contributed by atoms with Gasteiger partial charge in [0.2, 0.25) is 5.91 Å². The Morgan fingerprint density at radius 1 is 1.30 bits per heavy atom. The SMILES string of the molecule is CCn1c(CN2CCOCC2)nnc1SCC(=O)Nc1ccc(C#N)cc1. The zero-order chi connectivity index (χ0) is 19.1. The van der Waals surface area contributed by atoms with E-state index >= 15 is 0 Å². The van der Waals surface area contributed by atoms with Crippen molar-refractivity contribution in [2.24, 2.45) is 0 Å². The van der Waals surface area contributed by atoms with E-state index in [1.54, 1.807) is 24.3 Å². The predicted molar refractivity (Wildman–Crippen MR) is 102 cm³/mol. The average Bonchev–Trinajstić information content (AvgIpc) is 3.09. The summed E-state index contributed by atoms with van der Waals surface area (Å²) in [4.78, 5) is 14.5. The van der Waals surface area contributed by atoms with Crippen molar-refractivity contribution in [1.82, 2.24) is 19.7 Å². The number of nitrogens with zero attached hydrogens (tertiary/aromatic N) is 5. The van der Waals surface area contributed by atoms with Crippen LogP contribution in [0, 0.1) is 11.3 Å². The van der Waals surface area contributed by atoms with Gasteiger partial charge in [0, 0.05) is 25.3 Å². The third-order valence-electron chi connectivity index (χ3n) is 4.21. The van der Waals surface area contributed by atoms with Gasteiger partial charge in [-0.05, 0) is 31.2 Å². The number of hydrogen-bond donors (Lipinski definition) is 1. The first-order valence-electron chi connectivity index (χ1n) is 8.84. The van der Waals surface area contributed by atoms with Gasteiger partial charge in [0.15, 0.2) is 5.16 Å². The number of ether oxygens (including phenoxy) is 1. The molecule has 27 heavy (non-hydrogen) atoms. The first-order valence-corrected chi connectivity index (χ1v) is 9.83. The Labute approximate surface area is 162 Å². The van der Waals surface area contributed by atoms with E-state index < -0.39 is 0 Å². The van der Waals surface area contributed by atoms with Crippen LogP contribution in [0.2, 0.25) is 0 Å². The molecule has 2 aromatic rings. The minimum atomic E-state index is -0.120. The minimum Gasteiger partial charge on any atom is -0.379 e. The molecule has 9 heteroatoms. The molecule has 1 fully saturated rings. The smallest absolute Gasteiger partial charge is 0.234 e. The molecule has 142 valence electrons. The number of amides is 1. The molecule has 0 radical (unpaired) electrons. The van der Waals surface area contributed by atoms with Gasteiger partial charge >= 0.3 is 0 Å². The van der Waals surface area contributed by atoms with Gasteiger partial charge in [-0.15, -0.1) is 10.2 Å². The van der Waals surface area contributed by atoms with Crippen molar-refractivity contribution in [3.63, 3.8) is 0 Å². The lowest BCUT2D eigenvalue weighted by Crippen LogP contribution is -2.36. The Kier molecular flexibility index (Phi) is 6.81. The van der Waals surface area contributed by atoms with E-state index in [-0.39, 0.29) is 11.7 Å². The second-order valence-corrected chi connectivity index (χ2v) is 7.00. The highest BCUT2D eigenvalue weighted by atomic mass is 32.2. The lowest BCUT2D eigenvalue weighted by Gasteiger charge is -2.26. The van der Waals surface area contributed by atoms with Crippen LogP contribution >= 0.6 is 11.8 Å². The fraction of sp³-hybridized carbons (Fsp3) is 0.444. The largest absolute Gasteiger partial charge is 0.379 e. The predicted octanol–water partition coefficient (Wildman–Crippen LogP) is 1.73. The molecule has 0 saturated carbocycles. The Hall–Kier alpha value is -2.41. The van der Waals surface area contributed by atoms with Gasteiger partial charge in [-0.2, -0.15) is 5.26 Å². The molecule has 1 aromatic heterocycles. The Balaban J connectivity index is 1.55. The van der Waals surface area contributed by atoms with E-state index in [0.717, 1.165) is 50.4 Å². The summed E-state index contributed by atoms with van der Waals surface area (Å²) in [5, 5.41) is 20.9. The normalized spacial score (nSPS) is 14.7. The molecule has 1 saturated heterocycles. The van der Waals surface area contributed by atoms with Crippen LogP contribution in [-0.4, -0.2) is 57.6 Å². The number of carbonyl (C=O) groups excluding carboxylic acids is 1. The summed E-state index contributed by atoms with van der Waals surface area (Å²) in [6.07, 6.45) is 0. The molecule has 8 nitrogen and oxygen atoms in total. The molecule has 1 aromatic carbocycles. The number of nitriles is 1. The van der Waals surface area contributed by atoms with Crippen LogP contribution in [0.5, 0.6) is 0 Å². The number of anilines is 1. The number of benzene rings is 1. The van der Waals surface area contributed by atoms with Crippen LogP contribution < -0.4 is 5.32 Å². The Bertz CT molecular complexity index is 808. The fourth-order valence-electron chi connectivity index (χ4n) is 2.77. The van der Waals surface area contributed by atoms with E-state index in [1.807, 2.05) is 6.92 Å². The zero-order valence-corrected chi connectivity index (χ0v) is 16.0. The average molecular weight is 386 g/mol. The van der Waals surface area contributed by atoms with Crippen LogP contribution in [0.25, 0.3) is 0 Å². The van der Waals surface area contributed by atoms with Crippen molar-refractivity contribution in [2.75, 3.05) is 37.4 Å². The standard InChI is InChI=1S/C18H22N6O2S/c1-2-24-16(12-23-7-9-26-10-8-23)21-22-18(24)27-13-17(25)20-15-5-3-14(11-19)4-6-15/h3-6H,2,7-10,12-13H2,1H3,(H,20,25). The summed E-state index contributed by atoms with van der Waals surface area (Å²) >= 11 is 1.37. The minimum absolute atomic E-state index is 0.120. The van der Waals surface area contributed by atoms with Crippen LogP contribution in [0.15, 0.2) is 29.4 Å². The number of rotatable bonds is 7. The van der Waals surface area contributed by atoms with Gasteiger partial charge in [0.1, 0.15) is 5.82 Å². The second kappa shape index (κ2) is 9.50. The number of carbonyl (C=O) groups is 1. The van der Waals surface area contributed by atoms with Gasteiger partial charge in [-0.3, -0.25) is 9.69 Å². The number of thioether (sulfide) groups is 1. The molecule has 2 heterocycles. The molecule has 0 aliphatic carbocycles. The maximum atomic E-state index is 12.2. The molecular weight excluding hydrogens is 364 g/mol. The number of hydrogen-bond acceptors (Lipinski definition) is 7. The van der Waals surface area contributed by atoms with E-state index in [9.17, 15) is 4.79 Å². The maximum absolute atomic E-state index is 12.2. The molecule has 0 atom stereocenters. The quantitative estimate of drug-likeness (QED) is 0.724. The van der Waals surface area contributed by atoms with E-state index in [1.165, 1.54) is 11.8 Å². The number of nitrogens with one attached hydrogen (secondary N) is 1. The van der Waals surface area contributed by atoms with E-state index in [2.05, 4.69) is 31.1 Å². The third kappa shape index (κ3) is 5.29. The Morgan fingerprint density at radius 2 is 2.04 bits per heavy atom. The Morgan fingerprint density at radius 3 is 2.70 bits per heavy atom. The molecule has 1 aliphatic rings. The van der Waals surface area contributed by atoms with Crippen LogP contribution in [0.4, 0.5) is 5.69 Å². The molecule has 3 rings (SSSR count). The first kappa shape index (κ1) is 19.4. The fourth-order valence-corrected chi connectivity index (χ4v) is 3.60. The van der Waals surface area contributed by atoms with E-state index in [4.69, 9.17) is 10.00 Å². The molecule has 0 spiro atoms. The molecular formula is C18H22N6O2S. The highest BCUT2D eigenvalue weighted by Gasteiger charge is 2.17. The third-order valence-corrected chi connectivity index (χ3v) is 5.18. The summed E-state index contributed by atoms with van der Waals surface area (Å²) in [7, 11) is 0. The van der Waals surface area contributed by atoms with Crippen molar-refractivity contribution in [2.45, 2.75) is 25.2 Å². The molecule has 0 bridgehead atoms. The van der Waals surface area contributed by atoms with Crippen LogP contribution in [0.1, 0.15) is 18.3 Å². The lowest BCUT2D eigenvalue weighted by atomic mass is 10.2. The summed E-state index contributed by atoms with van der Waals surface area (Å²) in [6.45, 7) is 6.83.